The molecule has 0 fully saturated rings. The van der Waals surface area contributed by atoms with Gasteiger partial charge in [-0.05, 0) is 46.3 Å². The zero-order chi connectivity index (χ0) is 9.23. The molecule has 72 valence electrons. The first-order valence-electron chi connectivity index (χ1n) is 5.11. The van der Waals surface area contributed by atoms with Crippen LogP contribution in [-0.2, 0) is 0 Å². The van der Waals surface area contributed by atoms with Crippen LogP contribution in [0.5, 0.6) is 0 Å². The van der Waals surface area contributed by atoms with Crippen molar-refractivity contribution in [2.45, 2.75) is 39.5 Å². The van der Waals surface area contributed by atoms with E-state index in [1.807, 2.05) is 0 Å². The zero-order valence-corrected chi connectivity index (χ0v) is 8.84. The van der Waals surface area contributed by atoms with Gasteiger partial charge in [-0.2, -0.15) is 0 Å². The lowest BCUT2D eigenvalue weighted by Crippen LogP contribution is -2.20. The predicted molar refractivity (Wildman–Crippen MR) is 56.5 cm³/mol. The maximum absolute atomic E-state index is 2.42. The third-order valence-electron chi connectivity index (χ3n) is 2.04. The molecule has 0 atom stereocenters. The Kier molecular flexibility index (Phi) is 8.57. The standard InChI is InChI=1S/C11H23N/c1-4-6-8-9-11-12(3)10-7-5-2/h4,6H,5,7-11H2,1-3H3/b6-4+. The minimum atomic E-state index is 1.23. The van der Waals surface area contributed by atoms with Crippen LogP contribution < -0.4 is 0 Å². The molecular formula is C11H23N. The fourth-order valence-electron chi connectivity index (χ4n) is 1.19. The summed E-state index contributed by atoms with van der Waals surface area (Å²) >= 11 is 0. The topological polar surface area (TPSA) is 3.24 Å². The van der Waals surface area contributed by atoms with Gasteiger partial charge >= 0.3 is 0 Å². The van der Waals surface area contributed by atoms with E-state index < -0.39 is 0 Å². The van der Waals surface area contributed by atoms with Crippen LogP contribution in [0.4, 0.5) is 0 Å². The third-order valence-corrected chi connectivity index (χ3v) is 2.04. The first-order chi connectivity index (χ1) is 5.81. The highest BCUT2D eigenvalue weighted by Crippen LogP contribution is 1.96. The largest absolute Gasteiger partial charge is 0.306 e. The van der Waals surface area contributed by atoms with E-state index in [4.69, 9.17) is 0 Å². The number of hydrogen-bond donors (Lipinski definition) is 0. The van der Waals surface area contributed by atoms with E-state index in [0.29, 0.717) is 0 Å². The predicted octanol–water partition coefficient (Wildman–Crippen LogP) is 3.07. The minimum Gasteiger partial charge on any atom is -0.306 e. The lowest BCUT2D eigenvalue weighted by atomic mass is 10.2. The van der Waals surface area contributed by atoms with Crippen molar-refractivity contribution >= 4 is 0 Å². The highest BCUT2D eigenvalue weighted by atomic mass is 15.1. The second-order valence-electron chi connectivity index (χ2n) is 3.37. The van der Waals surface area contributed by atoms with Gasteiger partial charge in [0.15, 0.2) is 0 Å². The number of hydrogen-bond acceptors (Lipinski definition) is 1. The molecular weight excluding hydrogens is 146 g/mol. The Balaban J connectivity index is 3.13. The summed E-state index contributed by atoms with van der Waals surface area (Å²) < 4.78 is 0. The van der Waals surface area contributed by atoms with E-state index in [-0.39, 0.29) is 0 Å². The fourth-order valence-corrected chi connectivity index (χ4v) is 1.19. The molecule has 0 aromatic heterocycles. The van der Waals surface area contributed by atoms with Crippen LogP contribution in [0.1, 0.15) is 39.5 Å². The van der Waals surface area contributed by atoms with Gasteiger partial charge in [-0.15, -0.1) is 0 Å². The monoisotopic (exact) mass is 169 g/mol. The van der Waals surface area contributed by atoms with Gasteiger partial charge < -0.3 is 4.90 Å². The Morgan fingerprint density at radius 1 is 1.17 bits per heavy atom. The smallest absolute Gasteiger partial charge is 0.00188 e. The van der Waals surface area contributed by atoms with Crippen molar-refractivity contribution in [2.75, 3.05) is 20.1 Å². The van der Waals surface area contributed by atoms with Gasteiger partial charge in [0, 0.05) is 0 Å². The maximum atomic E-state index is 2.42. The molecule has 0 spiro atoms. The summed E-state index contributed by atoms with van der Waals surface area (Å²) in [5.41, 5.74) is 0. The lowest BCUT2D eigenvalue weighted by Gasteiger charge is -2.14. The second-order valence-corrected chi connectivity index (χ2v) is 3.37. The van der Waals surface area contributed by atoms with E-state index >= 15 is 0 Å². The molecule has 0 aliphatic heterocycles. The van der Waals surface area contributed by atoms with Gasteiger partial charge in [0.05, 0.1) is 0 Å². The zero-order valence-electron chi connectivity index (χ0n) is 8.84. The van der Waals surface area contributed by atoms with Crippen molar-refractivity contribution < 1.29 is 0 Å². The van der Waals surface area contributed by atoms with Crippen LogP contribution in [0, 0.1) is 0 Å². The summed E-state index contributed by atoms with van der Waals surface area (Å²) in [6, 6.07) is 0. The summed E-state index contributed by atoms with van der Waals surface area (Å²) in [5, 5.41) is 0. The molecule has 0 unspecified atom stereocenters. The van der Waals surface area contributed by atoms with Crippen LogP contribution in [0.2, 0.25) is 0 Å². The number of rotatable bonds is 7. The van der Waals surface area contributed by atoms with E-state index in [9.17, 15) is 0 Å². The SMILES string of the molecule is C/C=C/CCCN(C)CCCC. The molecule has 0 radical (unpaired) electrons. The van der Waals surface area contributed by atoms with E-state index in [1.54, 1.807) is 0 Å². The van der Waals surface area contributed by atoms with Crippen molar-refractivity contribution in [1.82, 2.24) is 4.90 Å². The average Bonchev–Trinajstić information content (AvgIpc) is 2.09. The third kappa shape index (κ3) is 7.80. The van der Waals surface area contributed by atoms with Gasteiger partial charge in [-0.3, -0.25) is 0 Å². The summed E-state index contributed by atoms with van der Waals surface area (Å²) in [4.78, 5) is 2.42. The lowest BCUT2D eigenvalue weighted by molar-refractivity contribution is 0.324. The molecule has 0 saturated carbocycles. The summed E-state index contributed by atoms with van der Waals surface area (Å²) in [6.07, 6.45) is 9.54. The summed E-state index contributed by atoms with van der Waals surface area (Å²) in [7, 11) is 2.21. The van der Waals surface area contributed by atoms with Crippen molar-refractivity contribution in [3.8, 4) is 0 Å². The molecule has 12 heavy (non-hydrogen) atoms. The van der Waals surface area contributed by atoms with Crippen LogP contribution in [0.25, 0.3) is 0 Å². The van der Waals surface area contributed by atoms with Gasteiger partial charge in [-0.25, -0.2) is 0 Å². The Labute approximate surface area is 77.5 Å². The van der Waals surface area contributed by atoms with Crippen molar-refractivity contribution in [3.63, 3.8) is 0 Å². The quantitative estimate of drug-likeness (QED) is 0.418. The average molecular weight is 169 g/mol. The molecule has 0 amide bonds. The Hall–Kier alpha value is -0.300. The van der Waals surface area contributed by atoms with Crippen LogP contribution in [0.3, 0.4) is 0 Å². The van der Waals surface area contributed by atoms with E-state index in [1.165, 1.54) is 38.8 Å². The highest BCUT2D eigenvalue weighted by Gasteiger charge is 1.94. The first kappa shape index (κ1) is 11.7. The second kappa shape index (κ2) is 8.79. The van der Waals surface area contributed by atoms with Crippen molar-refractivity contribution in [2.24, 2.45) is 0 Å². The summed E-state index contributed by atoms with van der Waals surface area (Å²) in [5.74, 6) is 0. The normalized spacial score (nSPS) is 11.7. The Morgan fingerprint density at radius 2 is 1.83 bits per heavy atom. The molecule has 0 aromatic carbocycles. The molecule has 0 rings (SSSR count). The molecule has 0 bridgehead atoms. The van der Waals surface area contributed by atoms with Crippen LogP contribution in [-0.4, -0.2) is 25.0 Å². The van der Waals surface area contributed by atoms with Gasteiger partial charge in [0.2, 0.25) is 0 Å². The maximum Gasteiger partial charge on any atom is -0.00188 e. The number of allylic oxidation sites excluding steroid dienone is 2. The Bertz CT molecular complexity index is 108. The highest BCUT2D eigenvalue weighted by molar-refractivity contribution is 4.76. The molecule has 0 saturated heterocycles. The molecule has 0 aromatic rings. The molecule has 0 aliphatic rings. The van der Waals surface area contributed by atoms with Crippen molar-refractivity contribution in [3.05, 3.63) is 12.2 Å². The molecule has 0 heterocycles. The van der Waals surface area contributed by atoms with Crippen LogP contribution in [0.15, 0.2) is 12.2 Å². The first-order valence-corrected chi connectivity index (χ1v) is 5.11. The number of unbranched alkanes of at least 4 members (excludes halogenated alkanes) is 2. The van der Waals surface area contributed by atoms with Crippen molar-refractivity contribution in [1.29, 1.82) is 0 Å². The van der Waals surface area contributed by atoms with Crippen LogP contribution >= 0.6 is 0 Å². The van der Waals surface area contributed by atoms with Gasteiger partial charge in [0.25, 0.3) is 0 Å². The Morgan fingerprint density at radius 3 is 2.42 bits per heavy atom. The van der Waals surface area contributed by atoms with Gasteiger partial charge in [-0.1, -0.05) is 25.5 Å². The molecule has 0 aliphatic carbocycles. The number of nitrogens with zero attached hydrogens (tertiary/aromatic N) is 1. The molecule has 1 heteroatoms. The van der Waals surface area contributed by atoms with Gasteiger partial charge in [0.1, 0.15) is 0 Å². The summed E-state index contributed by atoms with van der Waals surface area (Å²) in [6.45, 7) is 6.82. The fraction of sp³-hybridized carbons (Fsp3) is 0.818. The molecule has 0 N–H and O–H groups in total. The van der Waals surface area contributed by atoms with E-state index in [0.717, 1.165) is 0 Å². The van der Waals surface area contributed by atoms with E-state index in [2.05, 4.69) is 37.9 Å². The minimum absolute atomic E-state index is 1.23. The molecule has 1 nitrogen and oxygen atoms in total.